The Morgan fingerprint density at radius 2 is 1.92 bits per heavy atom. The largest absolute Gasteiger partial charge is 0.416 e. The average molecular weight is 405 g/mol. The molecule has 1 atom stereocenters. The van der Waals surface area contributed by atoms with E-state index in [9.17, 15) is 21.6 Å². The fourth-order valence-corrected chi connectivity index (χ4v) is 5.06. The molecule has 0 radical (unpaired) electrons. The molecule has 1 unspecified atom stereocenters. The molecule has 3 rings (SSSR count). The highest BCUT2D eigenvalue weighted by Crippen LogP contribution is 2.31. The molecule has 1 aliphatic rings. The van der Waals surface area contributed by atoms with Crippen molar-refractivity contribution in [3.8, 4) is 0 Å². The summed E-state index contributed by atoms with van der Waals surface area (Å²) in [6.45, 7) is 0.944. The van der Waals surface area contributed by atoms with E-state index in [0.29, 0.717) is 6.61 Å². The van der Waals surface area contributed by atoms with Crippen LogP contribution >= 0.6 is 11.3 Å². The maximum Gasteiger partial charge on any atom is 0.416 e. The number of ether oxygens (including phenoxy) is 1. The van der Waals surface area contributed by atoms with Gasteiger partial charge in [0.25, 0.3) is 0 Å². The second-order valence-electron chi connectivity index (χ2n) is 6.03. The van der Waals surface area contributed by atoms with Crippen LogP contribution in [0.3, 0.4) is 0 Å². The molecule has 2 heterocycles. The average Bonchev–Trinajstić information content (AvgIpc) is 3.27. The third-order valence-corrected chi connectivity index (χ3v) is 6.85. The maximum atomic E-state index is 13.0. The van der Waals surface area contributed by atoms with E-state index in [4.69, 9.17) is 4.74 Å². The fourth-order valence-electron chi connectivity index (χ4n) is 2.80. The molecule has 1 fully saturated rings. The molecule has 142 valence electrons. The van der Waals surface area contributed by atoms with Crippen molar-refractivity contribution in [1.82, 2.24) is 4.31 Å². The standard InChI is InChI=1S/C17H18F3NO3S2/c18-17(19,20)13-5-7-16(8-6-13)26(22,23)21(11-14-3-1-9-24-14)12-15-4-2-10-25-15/h2,4-8,10,14H,1,3,9,11-12H2. The van der Waals surface area contributed by atoms with Gasteiger partial charge in [0, 0.05) is 24.6 Å². The summed E-state index contributed by atoms with van der Waals surface area (Å²) in [5, 5.41) is 1.85. The third kappa shape index (κ3) is 4.46. The van der Waals surface area contributed by atoms with E-state index in [1.54, 1.807) is 0 Å². The van der Waals surface area contributed by atoms with Gasteiger partial charge in [-0.25, -0.2) is 8.42 Å². The Bertz CT molecular complexity index is 812. The molecule has 0 spiro atoms. The third-order valence-electron chi connectivity index (χ3n) is 4.16. The summed E-state index contributed by atoms with van der Waals surface area (Å²) in [4.78, 5) is 0.707. The summed E-state index contributed by atoms with van der Waals surface area (Å²) < 4.78 is 71.0. The van der Waals surface area contributed by atoms with E-state index < -0.39 is 21.8 Å². The van der Waals surface area contributed by atoms with E-state index in [1.807, 2.05) is 17.5 Å². The summed E-state index contributed by atoms with van der Waals surface area (Å²) in [6.07, 6.45) is -3.06. The van der Waals surface area contributed by atoms with Gasteiger partial charge in [0.05, 0.1) is 16.6 Å². The molecule has 0 saturated carbocycles. The molecule has 1 aromatic carbocycles. The van der Waals surface area contributed by atoms with Gasteiger partial charge in [0.1, 0.15) is 0 Å². The number of hydrogen-bond acceptors (Lipinski definition) is 4. The normalized spacial score (nSPS) is 18.5. The van der Waals surface area contributed by atoms with Crippen LogP contribution in [-0.2, 0) is 27.5 Å². The Hall–Kier alpha value is -1.42. The van der Waals surface area contributed by atoms with Crippen LogP contribution in [0.2, 0.25) is 0 Å². The highest BCUT2D eigenvalue weighted by atomic mass is 32.2. The lowest BCUT2D eigenvalue weighted by molar-refractivity contribution is -0.137. The van der Waals surface area contributed by atoms with Gasteiger partial charge in [0.2, 0.25) is 10.0 Å². The lowest BCUT2D eigenvalue weighted by Gasteiger charge is -2.24. The van der Waals surface area contributed by atoms with E-state index in [1.165, 1.54) is 15.6 Å². The highest BCUT2D eigenvalue weighted by Gasteiger charge is 2.33. The van der Waals surface area contributed by atoms with Crippen LogP contribution in [0.5, 0.6) is 0 Å². The first kappa shape index (κ1) is 19.3. The van der Waals surface area contributed by atoms with Crippen molar-refractivity contribution in [3.05, 3.63) is 52.2 Å². The number of rotatable bonds is 6. The second-order valence-corrected chi connectivity index (χ2v) is 9.00. The van der Waals surface area contributed by atoms with Crippen molar-refractivity contribution >= 4 is 21.4 Å². The number of sulfonamides is 1. The SMILES string of the molecule is O=S(=O)(c1ccc(C(F)(F)F)cc1)N(Cc1cccs1)CC1CCCO1. The van der Waals surface area contributed by atoms with Crippen molar-refractivity contribution in [1.29, 1.82) is 0 Å². The summed E-state index contributed by atoms with van der Waals surface area (Å²) >= 11 is 1.43. The van der Waals surface area contributed by atoms with Gasteiger partial charge in [-0.15, -0.1) is 11.3 Å². The van der Waals surface area contributed by atoms with E-state index in [2.05, 4.69) is 0 Å². The zero-order valence-electron chi connectivity index (χ0n) is 13.8. The molecule has 2 aromatic rings. The van der Waals surface area contributed by atoms with Crippen molar-refractivity contribution in [3.63, 3.8) is 0 Å². The summed E-state index contributed by atoms with van der Waals surface area (Å²) in [5.41, 5.74) is -0.875. The van der Waals surface area contributed by atoms with Crippen molar-refractivity contribution in [2.75, 3.05) is 13.2 Å². The summed E-state index contributed by atoms with van der Waals surface area (Å²) in [6, 6.07) is 7.26. The maximum absolute atomic E-state index is 13.0. The quantitative estimate of drug-likeness (QED) is 0.726. The Balaban J connectivity index is 1.87. The minimum Gasteiger partial charge on any atom is -0.377 e. The molecule has 9 heteroatoms. The number of nitrogens with zero attached hydrogens (tertiary/aromatic N) is 1. The molecule has 1 aliphatic heterocycles. The van der Waals surface area contributed by atoms with Crippen molar-refractivity contribution in [2.24, 2.45) is 0 Å². The van der Waals surface area contributed by atoms with Crippen molar-refractivity contribution < 1.29 is 26.3 Å². The Morgan fingerprint density at radius 1 is 1.19 bits per heavy atom. The number of alkyl halides is 3. The Kier molecular flexibility index (Phi) is 5.71. The molecule has 1 aromatic heterocycles. The lowest BCUT2D eigenvalue weighted by atomic mass is 10.2. The van der Waals surface area contributed by atoms with E-state index in [-0.39, 0.29) is 24.1 Å². The number of thiophene rings is 1. The van der Waals surface area contributed by atoms with Crippen LogP contribution in [0.1, 0.15) is 23.3 Å². The minimum atomic E-state index is -4.50. The number of halogens is 3. The van der Waals surface area contributed by atoms with Crippen LogP contribution in [0.4, 0.5) is 13.2 Å². The molecule has 1 saturated heterocycles. The van der Waals surface area contributed by atoms with E-state index >= 15 is 0 Å². The van der Waals surface area contributed by atoms with Crippen LogP contribution in [0.25, 0.3) is 0 Å². The highest BCUT2D eigenvalue weighted by molar-refractivity contribution is 7.89. The molecular weight excluding hydrogens is 387 g/mol. The van der Waals surface area contributed by atoms with Crippen molar-refractivity contribution in [2.45, 2.75) is 36.6 Å². The molecule has 0 bridgehead atoms. The number of benzene rings is 1. The molecule has 0 amide bonds. The van der Waals surface area contributed by atoms with Gasteiger partial charge in [-0.05, 0) is 48.6 Å². The van der Waals surface area contributed by atoms with Gasteiger partial charge in [-0.1, -0.05) is 6.07 Å². The smallest absolute Gasteiger partial charge is 0.377 e. The fraction of sp³-hybridized carbons (Fsp3) is 0.412. The number of hydrogen-bond donors (Lipinski definition) is 0. The van der Waals surface area contributed by atoms with E-state index in [0.717, 1.165) is 42.0 Å². The Labute approximate surface area is 154 Å². The zero-order chi connectivity index (χ0) is 18.8. The lowest BCUT2D eigenvalue weighted by Crippen LogP contribution is -2.36. The molecule has 4 nitrogen and oxygen atoms in total. The summed E-state index contributed by atoms with van der Waals surface area (Å²) in [7, 11) is -3.93. The zero-order valence-corrected chi connectivity index (χ0v) is 15.4. The first-order valence-electron chi connectivity index (χ1n) is 8.08. The Morgan fingerprint density at radius 3 is 2.46 bits per heavy atom. The van der Waals surface area contributed by atoms with Gasteiger partial charge >= 0.3 is 6.18 Å². The van der Waals surface area contributed by atoms with Crippen LogP contribution in [0.15, 0.2) is 46.7 Å². The van der Waals surface area contributed by atoms with Crippen LogP contribution < -0.4 is 0 Å². The topological polar surface area (TPSA) is 46.6 Å². The first-order chi connectivity index (χ1) is 12.3. The molecule has 0 N–H and O–H groups in total. The van der Waals surface area contributed by atoms with Gasteiger partial charge in [0.15, 0.2) is 0 Å². The summed E-state index contributed by atoms with van der Waals surface area (Å²) in [5.74, 6) is 0. The predicted molar refractivity (Wildman–Crippen MR) is 92.3 cm³/mol. The van der Waals surface area contributed by atoms with Crippen LogP contribution in [0, 0.1) is 0 Å². The van der Waals surface area contributed by atoms with Crippen LogP contribution in [-0.4, -0.2) is 32.0 Å². The van der Waals surface area contributed by atoms with Gasteiger partial charge in [-0.2, -0.15) is 17.5 Å². The molecule has 0 aliphatic carbocycles. The van der Waals surface area contributed by atoms with Gasteiger partial charge in [-0.3, -0.25) is 0 Å². The monoisotopic (exact) mass is 405 g/mol. The first-order valence-corrected chi connectivity index (χ1v) is 10.4. The van der Waals surface area contributed by atoms with Gasteiger partial charge < -0.3 is 4.74 Å². The predicted octanol–water partition coefficient (Wildman–Crippen LogP) is 4.14. The molecular formula is C17H18F3NO3S2. The second kappa shape index (κ2) is 7.67. The molecule has 26 heavy (non-hydrogen) atoms. The minimum absolute atomic E-state index is 0.153.